The fraction of sp³-hybridized carbons (Fsp3) is 0.421. The topological polar surface area (TPSA) is 50.9 Å². The molecule has 1 aliphatic rings. The van der Waals surface area contributed by atoms with Crippen molar-refractivity contribution in [2.75, 3.05) is 13.1 Å². The number of halogens is 3. The van der Waals surface area contributed by atoms with Gasteiger partial charge in [-0.25, -0.2) is 0 Å². The molecule has 0 radical (unpaired) electrons. The van der Waals surface area contributed by atoms with Gasteiger partial charge in [0.1, 0.15) is 5.92 Å². The maximum atomic E-state index is 13.4. The molecule has 1 aromatic heterocycles. The van der Waals surface area contributed by atoms with E-state index in [0.717, 1.165) is 29.7 Å². The quantitative estimate of drug-likeness (QED) is 0.881. The van der Waals surface area contributed by atoms with E-state index in [1.54, 1.807) is 6.07 Å². The molecule has 3 nitrogen and oxygen atoms in total. The van der Waals surface area contributed by atoms with Gasteiger partial charge < -0.3 is 11.1 Å². The number of hydrogen-bond donors (Lipinski definition) is 2. The van der Waals surface area contributed by atoms with Gasteiger partial charge >= 0.3 is 6.18 Å². The van der Waals surface area contributed by atoms with Crippen LogP contribution in [0.5, 0.6) is 0 Å². The molecule has 2 unspecified atom stereocenters. The summed E-state index contributed by atoms with van der Waals surface area (Å²) in [6, 6.07) is 11.0. The molecule has 1 saturated heterocycles. The molecule has 1 aromatic carbocycles. The smallest absolute Gasteiger partial charge is 0.329 e. The second-order valence-corrected chi connectivity index (χ2v) is 6.87. The standard InChI is InChI=1S/C19H22F3N3/c1-12-3-5-13(6-4-12)16-9-14(18(2)7-8-24-18)10-17(25-16)15(11-23)19(20,21)22/h3-6,9-10,15,24H,7-8,11,23H2,1-2H3. The van der Waals surface area contributed by atoms with Crippen LogP contribution in [0.2, 0.25) is 0 Å². The van der Waals surface area contributed by atoms with Crippen molar-refractivity contribution >= 4 is 0 Å². The fourth-order valence-electron chi connectivity index (χ4n) is 3.09. The van der Waals surface area contributed by atoms with Gasteiger partial charge in [0.15, 0.2) is 0 Å². The molecule has 1 fully saturated rings. The predicted molar refractivity (Wildman–Crippen MR) is 92.2 cm³/mol. The summed E-state index contributed by atoms with van der Waals surface area (Å²) in [5.41, 5.74) is 8.35. The van der Waals surface area contributed by atoms with Crippen molar-refractivity contribution in [3.05, 3.63) is 53.2 Å². The molecule has 3 rings (SSSR count). The average molecular weight is 349 g/mol. The Morgan fingerprint density at radius 2 is 1.88 bits per heavy atom. The number of pyridine rings is 1. The van der Waals surface area contributed by atoms with Gasteiger partial charge in [-0.3, -0.25) is 4.98 Å². The largest absolute Gasteiger partial charge is 0.398 e. The lowest BCUT2D eigenvalue weighted by molar-refractivity contribution is -0.148. The van der Waals surface area contributed by atoms with E-state index in [1.807, 2.05) is 44.2 Å². The molecule has 0 aliphatic carbocycles. The third-order valence-corrected chi connectivity index (χ3v) is 4.96. The molecule has 25 heavy (non-hydrogen) atoms. The SMILES string of the molecule is Cc1ccc(-c2cc(C3(C)CCN3)cc(C(CN)C(F)(F)F)n2)cc1. The van der Waals surface area contributed by atoms with Gasteiger partial charge in [0.05, 0.1) is 11.4 Å². The first kappa shape index (κ1) is 17.9. The Bertz CT molecular complexity index is 749. The van der Waals surface area contributed by atoms with Gasteiger partial charge in [-0.2, -0.15) is 13.2 Å². The molecule has 2 aromatic rings. The summed E-state index contributed by atoms with van der Waals surface area (Å²) in [5, 5.41) is 3.31. The zero-order chi connectivity index (χ0) is 18.2. The Morgan fingerprint density at radius 3 is 2.36 bits per heavy atom. The highest BCUT2D eigenvalue weighted by Crippen LogP contribution is 2.38. The third kappa shape index (κ3) is 3.55. The van der Waals surface area contributed by atoms with Gasteiger partial charge in [0.25, 0.3) is 0 Å². The zero-order valence-electron chi connectivity index (χ0n) is 14.3. The molecular formula is C19H22F3N3. The van der Waals surface area contributed by atoms with E-state index in [2.05, 4.69) is 10.3 Å². The minimum Gasteiger partial charge on any atom is -0.329 e. The molecule has 2 atom stereocenters. The number of hydrogen-bond acceptors (Lipinski definition) is 3. The van der Waals surface area contributed by atoms with E-state index in [4.69, 9.17) is 5.73 Å². The Balaban J connectivity index is 2.13. The van der Waals surface area contributed by atoms with Gasteiger partial charge in [-0.1, -0.05) is 29.8 Å². The highest BCUT2D eigenvalue weighted by molar-refractivity contribution is 5.61. The van der Waals surface area contributed by atoms with Gasteiger partial charge in [-0.05, 0) is 44.5 Å². The Labute approximate surface area is 145 Å². The van der Waals surface area contributed by atoms with Gasteiger partial charge in [0.2, 0.25) is 0 Å². The Morgan fingerprint density at radius 1 is 1.24 bits per heavy atom. The van der Waals surface area contributed by atoms with E-state index < -0.39 is 18.6 Å². The molecule has 0 spiro atoms. The summed E-state index contributed by atoms with van der Waals surface area (Å²) >= 11 is 0. The van der Waals surface area contributed by atoms with E-state index >= 15 is 0 Å². The number of nitrogens with one attached hydrogen (secondary N) is 1. The zero-order valence-corrected chi connectivity index (χ0v) is 14.3. The molecule has 1 aliphatic heterocycles. The van der Waals surface area contributed by atoms with Crippen LogP contribution in [0.4, 0.5) is 13.2 Å². The van der Waals surface area contributed by atoms with Crippen LogP contribution in [-0.4, -0.2) is 24.2 Å². The van der Waals surface area contributed by atoms with Crippen molar-refractivity contribution in [1.82, 2.24) is 10.3 Å². The van der Waals surface area contributed by atoms with Gasteiger partial charge in [0, 0.05) is 17.6 Å². The first-order chi connectivity index (χ1) is 11.7. The van der Waals surface area contributed by atoms with Crippen molar-refractivity contribution < 1.29 is 13.2 Å². The highest BCUT2D eigenvalue weighted by atomic mass is 19.4. The number of aryl methyl sites for hydroxylation is 1. The molecule has 0 saturated carbocycles. The molecule has 0 bridgehead atoms. The van der Waals surface area contributed by atoms with Crippen molar-refractivity contribution in [1.29, 1.82) is 0 Å². The molecule has 0 amide bonds. The summed E-state index contributed by atoms with van der Waals surface area (Å²) in [4.78, 5) is 4.32. The third-order valence-electron chi connectivity index (χ3n) is 4.96. The lowest BCUT2D eigenvalue weighted by Crippen LogP contribution is -2.51. The van der Waals surface area contributed by atoms with Crippen LogP contribution in [0.3, 0.4) is 0 Å². The molecule has 2 heterocycles. The monoisotopic (exact) mass is 349 g/mol. The number of aromatic nitrogens is 1. The summed E-state index contributed by atoms with van der Waals surface area (Å²) in [6.07, 6.45) is -3.54. The first-order valence-electron chi connectivity index (χ1n) is 8.34. The van der Waals surface area contributed by atoms with Crippen LogP contribution in [0, 0.1) is 6.92 Å². The van der Waals surface area contributed by atoms with Crippen molar-refractivity contribution in [2.45, 2.75) is 37.9 Å². The number of rotatable bonds is 4. The normalized spacial score (nSPS) is 21.7. The number of nitrogens with two attached hydrogens (primary N) is 1. The minimum absolute atomic E-state index is 0.0157. The van der Waals surface area contributed by atoms with Crippen LogP contribution >= 0.6 is 0 Å². The van der Waals surface area contributed by atoms with Crippen LogP contribution < -0.4 is 11.1 Å². The van der Waals surface area contributed by atoms with Crippen molar-refractivity contribution in [3.8, 4) is 11.3 Å². The molecule has 6 heteroatoms. The second kappa shape index (κ2) is 6.42. The van der Waals surface area contributed by atoms with Crippen molar-refractivity contribution in [2.24, 2.45) is 5.73 Å². The average Bonchev–Trinajstić information content (AvgIpc) is 2.52. The summed E-state index contributed by atoms with van der Waals surface area (Å²) < 4.78 is 40.1. The summed E-state index contributed by atoms with van der Waals surface area (Å²) in [7, 11) is 0. The number of benzene rings is 1. The maximum absolute atomic E-state index is 13.4. The van der Waals surface area contributed by atoms with E-state index in [1.165, 1.54) is 0 Å². The first-order valence-corrected chi connectivity index (χ1v) is 8.34. The molecule has 3 N–H and O–H groups in total. The van der Waals surface area contributed by atoms with Crippen LogP contribution in [-0.2, 0) is 5.54 Å². The number of alkyl halides is 3. The lowest BCUT2D eigenvalue weighted by Gasteiger charge is -2.41. The van der Waals surface area contributed by atoms with E-state index in [0.29, 0.717) is 5.69 Å². The predicted octanol–water partition coefficient (Wildman–Crippen LogP) is 3.87. The van der Waals surface area contributed by atoms with E-state index in [-0.39, 0.29) is 11.2 Å². The lowest BCUT2D eigenvalue weighted by atomic mass is 9.81. The van der Waals surface area contributed by atoms with Crippen LogP contribution in [0.25, 0.3) is 11.3 Å². The fourth-order valence-corrected chi connectivity index (χ4v) is 3.09. The number of nitrogens with zero attached hydrogens (tertiary/aromatic N) is 1. The minimum atomic E-state index is -4.42. The maximum Gasteiger partial charge on any atom is 0.398 e. The van der Waals surface area contributed by atoms with Crippen molar-refractivity contribution in [3.63, 3.8) is 0 Å². The molecule has 134 valence electrons. The summed E-state index contributed by atoms with van der Waals surface area (Å²) in [5.74, 6) is -1.76. The Hall–Kier alpha value is -1.92. The van der Waals surface area contributed by atoms with Crippen LogP contribution in [0.15, 0.2) is 36.4 Å². The second-order valence-electron chi connectivity index (χ2n) is 6.87. The van der Waals surface area contributed by atoms with Gasteiger partial charge in [-0.15, -0.1) is 0 Å². The summed E-state index contributed by atoms with van der Waals surface area (Å²) in [6.45, 7) is 4.30. The van der Waals surface area contributed by atoms with Crippen LogP contribution in [0.1, 0.15) is 36.1 Å². The molecular weight excluding hydrogens is 327 g/mol. The van der Waals surface area contributed by atoms with E-state index in [9.17, 15) is 13.2 Å². The Kier molecular flexibility index (Phi) is 4.60. The highest BCUT2D eigenvalue weighted by Gasteiger charge is 2.42.